The zero-order valence-electron chi connectivity index (χ0n) is 18.4. The third kappa shape index (κ3) is 3.65. The van der Waals surface area contributed by atoms with Crippen molar-refractivity contribution < 1.29 is 14.3 Å². The van der Waals surface area contributed by atoms with Gasteiger partial charge in [0.15, 0.2) is 5.78 Å². The molecular formula is C26H28N2O3. The van der Waals surface area contributed by atoms with Crippen LogP contribution >= 0.6 is 0 Å². The molecule has 5 nitrogen and oxygen atoms in total. The van der Waals surface area contributed by atoms with Crippen LogP contribution in [0.25, 0.3) is 0 Å². The van der Waals surface area contributed by atoms with Crippen LogP contribution in [0.1, 0.15) is 43.7 Å². The van der Waals surface area contributed by atoms with Gasteiger partial charge in [-0.15, -0.1) is 0 Å². The minimum atomic E-state index is -0.547. The normalized spacial score (nSPS) is 20.6. The molecule has 4 rings (SSSR count). The molecule has 1 atom stereocenters. The van der Waals surface area contributed by atoms with E-state index in [0.29, 0.717) is 29.8 Å². The number of hydrogen-bond acceptors (Lipinski definition) is 5. The number of carbonyl (C=O) groups is 2. The standard InChI is InChI=1S/C26H28N2O3/c1-16-10-12-18(13-11-16)28-19-14-26(2,3)15-20(29)22(19)21(17-8-6-5-7-9-17)23(24(28)27)25(30)31-4/h5-13,21H,14-15,27H2,1-4H3/t21-/m0/s1. The van der Waals surface area contributed by atoms with Gasteiger partial charge in [0.25, 0.3) is 0 Å². The molecule has 2 aromatic carbocycles. The van der Waals surface area contributed by atoms with Gasteiger partial charge in [-0.1, -0.05) is 61.9 Å². The smallest absolute Gasteiger partial charge is 0.338 e. The molecule has 31 heavy (non-hydrogen) atoms. The first-order valence-electron chi connectivity index (χ1n) is 10.5. The number of rotatable bonds is 3. The first kappa shape index (κ1) is 20.9. The Morgan fingerprint density at radius 1 is 1.06 bits per heavy atom. The van der Waals surface area contributed by atoms with Gasteiger partial charge in [0.05, 0.1) is 18.6 Å². The maximum atomic E-state index is 13.5. The van der Waals surface area contributed by atoms with Crippen molar-refractivity contribution in [1.82, 2.24) is 0 Å². The monoisotopic (exact) mass is 416 g/mol. The number of methoxy groups -OCH3 is 1. The van der Waals surface area contributed by atoms with Crippen LogP contribution in [0.2, 0.25) is 0 Å². The average Bonchev–Trinajstić information content (AvgIpc) is 2.73. The lowest BCUT2D eigenvalue weighted by Gasteiger charge is -2.44. The second-order valence-electron chi connectivity index (χ2n) is 9.11. The fraction of sp³-hybridized carbons (Fsp3) is 0.308. The Balaban J connectivity index is 2.02. The van der Waals surface area contributed by atoms with Crippen LogP contribution in [0.15, 0.2) is 77.3 Å². The third-order valence-electron chi connectivity index (χ3n) is 6.09. The predicted molar refractivity (Wildman–Crippen MR) is 121 cm³/mol. The second kappa shape index (κ2) is 7.73. The molecule has 0 fully saturated rings. The summed E-state index contributed by atoms with van der Waals surface area (Å²) in [7, 11) is 1.34. The summed E-state index contributed by atoms with van der Waals surface area (Å²) >= 11 is 0. The zero-order chi connectivity index (χ0) is 22.3. The van der Waals surface area contributed by atoms with E-state index in [9.17, 15) is 9.59 Å². The van der Waals surface area contributed by atoms with E-state index in [4.69, 9.17) is 10.5 Å². The van der Waals surface area contributed by atoms with E-state index in [1.807, 2.05) is 66.4 Å². The van der Waals surface area contributed by atoms with Gasteiger partial charge in [-0.3, -0.25) is 9.69 Å². The molecule has 2 aliphatic rings. The molecule has 160 valence electrons. The molecule has 0 aromatic heterocycles. The number of ether oxygens (including phenoxy) is 1. The van der Waals surface area contributed by atoms with Gasteiger partial charge in [-0.2, -0.15) is 0 Å². The molecule has 5 heteroatoms. The highest BCUT2D eigenvalue weighted by molar-refractivity contribution is 6.05. The lowest BCUT2D eigenvalue weighted by atomic mass is 9.68. The number of esters is 1. The van der Waals surface area contributed by atoms with Crippen molar-refractivity contribution in [2.75, 3.05) is 12.0 Å². The fourth-order valence-electron chi connectivity index (χ4n) is 4.69. The molecule has 1 aliphatic heterocycles. The minimum Gasteiger partial charge on any atom is -0.466 e. The third-order valence-corrected chi connectivity index (χ3v) is 6.09. The minimum absolute atomic E-state index is 0.0473. The van der Waals surface area contributed by atoms with Gasteiger partial charge in [-0.05, 0) is 36.5 Å². The molecule has 0 spiro atoms. The molecule has 1 aliphatic carbocycles. The van der Waals surface area contributed by atoms with Crippen LogP contribution in [0.3, 0.4) is 0 Å². The van der Waals surface area contributed by atoms with Crippen molar-refractivity contribution in [2.45, 2.75) is 39.5 Å². The average molecular weight is 417 g/mol. The van der Waals surface area contributed by atoms with Crippen molar-refractivity contribution in [2.24, 2.45) is 11.1 Å². The van der Waals surface area contributed by atoms with E-state index in [1.54, 1.807) is 0 Å². The second-order valence-corrected chi connectivity index (χ2v) is 9.11. The lowest BCUT2D eigenvalue weighted by molar-refractivity contribution is -0.136. The number of aryl methyl sites for hydroxylation is 1. The van der Waals surface area contributed by atoms with Crippen LogP contribution in [-0.2, 0) is 14.3 Å². The Bertz CT molecular complexity index is 1100. The highest BCUT2D eigenvalue weighted by Crippen LogP contribution is 2.50. The van der Waals surface area contributed by atoms with E-state index in [1.165, 1.54) is 7.11 Å². The van der Waals surface area contributed by atoms with Gasteiger partial charge in [-0.25, -0.2) is 4.79 Å². The number of ketones is 1. The Kier molecular flexibility index (Phi) is 5.21. The van der Waals surface area contributed by atoms with Crippen molar-refractivity contribution in [3.05, 3.63) is 88.4 Å². The van der Waals surface area contributed by atoms with Gasteiger partial charge >= 0.3 is 5.97 Å². The summed E-state index contributed by atoms with van der Waals surface area (Å²) in [4.78, 5) is 28.4. The summed E-state index contributed by atoms with van der Waals surface area (Å²) in [6.45, 7) is 6.20. The molecule has 0 saturated carbocycles. The highest BCUT2D eigenvalue weighted by Gasteiger charge is 2.46. The van der Waals surface area contributed by atoms with Gasteiger partial charge in [0.2, 0.25) is 0 Å². The summed E-state index contributed by atoms with van der Waals surface area (Å²) in [5.41, 5.74) is 11.1. The topological polar surface area (TPSA) is 72.6 Å². The van der Waals surface area contributed by atoms with Crippen LogP contribution in [0.4, 0.5) is 5.69 Å². The first-order valence-corrected chi connectivity index (χ1v) is 10.5. The van der Waals surface area contributed by atoms with E-state index in [-0.39, 0.29) is 11.2 Å². The molecule has 2 aromatic rings. The largest absolute Gasteiger partial charge is 0.466 e. The maximum absolute atomic E-state index is 13.5. The number of anilines is 1. The fourth-order valence-corrected chi connectivity index (χ4v) is 4.69. The molecule has 1 heterocycles. The van der Waals surface area contributed by atoms with Crippen LogP contribution in [-0.4, -0.2) is 18.9 Å². The number of allylic oxidation sites excluding steroid dienone is 2. The quantitative estimate of drug-likeness (QED) is 0.741. The molecular weight excluding hydrogens is 388 g/mol. The summed E-state index contributed by atoms with van der Waals surface area (Å²) in [5, 5.41) is 0. The molecule has 2 N–H and O–H groups in total. The summed E-state index contributed by atoms with van der Waals surface area (Å²) in [6, 6.07) is 17.5. The number of hydrogen-bond donors (Lipinski definition) is 1. The number of nitrogens with two attached hydrogens (primary N) is 1. The van der Waals surface area contributed by atoms with Crippen molar-refractivity contribution in [3.8, 4) is 0 Å². The molecule has 0 bridgehead atoms. The Morgan fingerprint density at radius 3 is 2.32 bits per heavy atom. The zero-order valence-corrected chi connectivity index (χ0v) is 18.4. The van der Waals surface area contributed by atoms with E-state index in [2.05, 4.69) is 13.8 Å². The van der Waals surface area contributed by atoms with Gasteiger partial charge < -0.3 is 10.5 Å². The molecule has 0 unspecified atom stereocenters. The Morgan fingerprint density at radius 2 is 1.71 bits per heavy atom. The van der Waals surface area contributed by atoms with E-state index >= 15 is 0 Å². The SMILES string of the molecule is COC(=O)C1=C(N)N(c2ccc(C)cc2)C2=C(C(=O)CC(C)(C)C2)[C@@H]1c1ccccc1. The number of benzene rings is 2. The Hall–Kier alpha value is -3.34. The van der Waals surface area contributed by atoms with Crippen molar-refractivity contribution in [3.63, 3.8) is 0 Å². The number of Topliss-reactive ketones (excluding diaryl/α,β-unsaturated/α-hetero) is 1. The van der Waals surface area contributed by atoms with Crippen molar-refractivity contribution >= 4 is 17.4 Å². The summed E-state index contributed by atoms with van der Waals surface area (Å²) < 4.78 is 5.13. The van der Waals surface area contributed by atoms with Crippen molar-refractivity contribution in [1.29, 1.82) is 0 Å². The van der Waals surface area contributed by atoms with Crippen LogP contribution < -0.4 is 10.6 Å². The van der Waals surface area contributed by atoms with Crippen LogP contribution in [0.5, 0.6) is 0 Å². The summed E-state index contributed by atoms with van der Waals surface area (Å²) in [5.74, 6) is -0.707. The molecule has 0 amide bonds. The van der Waals surface area contributed by atoms with E-state index in [0.717, 1.165) is 22.5 Å². The highest BCUT2D eigenvalue weighted by atomic mass is 16.5. The van der Waals surface area contributed by atoms with Gasteiger partial charge in [0, 0.05) is 23.4 Å². The van der Waals surface area contributed by atoms with Gasteiger partial charge in [0.1, 0.15) is 5.82 Å². The number of nitrogens with zero attached hydrogens (tertiary/aromatic N) is 1. The Labute approximate surface area is 183 Å². The molecule has 0 saturated heterocycles. The number of carbonyl (C=O) groups excluding carboxylic acids is 2. The summed E-state index contributed by atoms with van der Waals surface area (Å²) in [6.07, 6.45) is 1.10. The van der Waals surface area contributed by atoms with Crippen LogP contribution in [0, 0.1) is 12.3 Å². The maximum Gasteiger partial charge on any atom is 0.338 e. The predicted octanol–water partition coefficient (Wildman–Crippen LogP) is 4.59. The molecule has 0 radical (unpaired) electrons. The first-order chi connectivity index (χ1) is 14.7. The lowest BCUT2D eigenvalue weighted by Crippen LogP contribution is -2.43. The van der Waals surface area contributed by atoms with E-state index < -0.39 is 11.9 Å².